The number of esters is 1. The first-order valence-corrected chi connectivity index (χ1v) is 10.7. The van der Waals surface area contributed by atoms with Crippen LogP contribution in [0.2, 0.25) is 0 Å². The highest BCUT2D eigenvalue weighted by molar-refractivity contribution is 7.10. The number of hydrogen-bond acceptors (Lipinski definition) is 7. The monoisotopic (exact) mass is 417 g/mol. The maximum Gasteiger partial charge on any atom is 0.339 e. The summed E-state index contributed by atoms with van der Waals surface area (Å²) < 4.78 is 10.6. The normalized spacial score (nSPS) is 14.8. The lowest BCUT2D eigenvalue weighted by Crippen LogP contribution is -2.15. The number of carbonyl (C=O) groups is 1. The summed E-state index contributed by atoms with van der Waals surface area (Å²) in [6.07, 6.45) is 4.87. The minimum atomic E-state index is -0.391. The number of allylic oxidation sites excluding steroid dienone is 1. The molecule has 1 aromatic carbocycles. The van der Waals surface area contributed by atoms with Crippen LogP contribution in [0.25, 0.3) is 22.6 Å². The first kappa shape index (κ1) is 18.7. The van der Waals surface area contributed by atoms with Gasteiger partial charge in [-0.2, -0.15) is 4.98 Å². The maximum absolute atomic E-state index is 13.2. The molecule has 6 nitrogen and oxygen atoms in total. The topological polar surface area (TPSA) is 78.1 Å². The highest BCUT2D eigenvalue weighted by Crippen LogP contribution is 2.36. The van der Waals surface area contributed by atoms with E-state index < -0.39 is 5.97 Å². The van der Waals surface area contributed by atoms with E-state index in [0.717, 1.165) is 47.0 Å². The second-order valence-electron chi connectivity index (χ2n) is 7.18. The van der Waals surface area contributed by atoms with E-state index in [4.69, 9.17) is 14.2 Å². The van der Waals surface area contributed by atoms with E-state index in [9.17, 15) is 4.79 Å². The van der Waals surface area contributed by atoms with Crippen LogP contribution in [0.15, 0.2) is 46.3 Å². The summed E-state index contributed by atoms with van der Waals surface area (Å²) in [5.74, 6) is 0.403. The molecule has 0 amide bonds. The maximum atomic E-state index is 13.2. The number of rotatable bonds is 4. The largest absolute Gasteiger partial charge is 0.452 e. The highest BCUT2D eigenvalue weighted by atomic mass is 32.1. The number of ether oxygens (including phenoxy) is 1. The summed E-state index contributed by atoms with van der Waals surface area (Å²) in [7, 11) is 0. The fourth-order valence-electron chi connectivity index (χ4n) is 3.85. The van der Waals surface area contributed by atoms with Crippen molar-refractivity contribution < 1.29 is 14.1 Å². The Morgan fingerprint density at radius 1 is 1.20 bits per heavy atom. The van der Waals surface area contributed by atoms with Crippen LogP contribution in [0.5, 0.6) is 0 Å². The summed E-state index contributed by atoms with van der Waals surface area (Å²) in [6, 6.07) is 11.8. The molecular formula is C23H19N3O3S. The van der Waals surface area contributed by atoms with Crippen LogP contribution in [0.3, 0.4) is 0 Å². The Morgan fingerprint density at radius 3 is 2.90 bits per heavy atom. The van der Waals surface area contributed by atoms with Gasteiger partial charge in [-0.3, -0.25) is 0 Å². The van der Waals surface area contributed by atoms with Crippen molar-refractivity contribution in [2.24, 2.45) is 0 Å². The van der Waals surface area contributed by atoms with E-state index in [1.54, 1.807) is 18.3 Å². The SMILES string of the molecule is Cc1noc(COC(=O)c2c3c(nc4ccccc24)/C(=C/c2cccs2)CCC3)n1. The summed E-state index contributed by atoms with van der Waals surface area (Å²) in [5.41, 5.74) is 4.38. The smallest absolute Gasteiger partial charge is 0.339 e. The zero-order valence-corrected chi connectivity index (χ0v) is 17.2. The van der Waals surface area contributed by atoms with E-state index in [2.05, 4.69) is 27.7 Å². The van der Waals surface area contributed by atoms with Gasteiger partial charge >= 0.3 is 5.97 Å². The van der Waals surface area contributed by atoms with Crippen molar-refractivity contribution >= 4 is 39.9 Å². The molecule has 0 spiro atoms. The van der Waals surface area contributed by atoms with E-state index in [-0.39, 0.29) is 12.5 Å². The Bertz CT molecular complexity index is 1260. The van der Waals surface area contributed by atoms with E-state index in [1.165, 1.54) is 4.88 Å². The van der Waals surface area contributed by atoms with E-state index in [1.807, 2.05) is 30.3 Å². The van der Waals surface area contributed by atoms with Gasteiger partial charge in [-0.15, -0.1) is 11.3 Å². The van der Waals surface area contributed by atoms with Gasteiger partial charge in [0.1, 0.15) is 0 Å². The van der Waals surface area contributed by atoms with Crippen molar-refractivity contribution in [2.45, 2.75) is 32.8 Å². The molecule has 4 aromatic rings. The zero-order chi connectivity index (χ0) is 20.5. The standard InChI is InChI=1S/C23H19N3O3S/c1-14-24-20(29-26-14)13-28-23(27)21-17-8-2-3-10-19(17)25-22-15(6-4-9-18(21)22)12-16-7-5-11-30-16/h2-3,5,7-8,10-12H,4,6,9,13H2,1H3/b15-12+. The fourth-order valence-corrected chi connectivity index (χ4v) is 4.53. The van der Waals surface area contributed by atoms with Gasteiger partial charge in [0.25, 0.3) is 5.89 Å². The molecule has 0 bridgehead atoms. The molecule has 1 aliphatic rings. The molecule has 30 heavy (non-hydrogen) atoms. The molecule has 150 valence electrons. The minimum Gasteiger partial charge on any atom is -0.452 e. The molecule has 0 radical (unpaired) electrons. The van der Waals surface area contributed by atoms with Crippen LogP contribution in [-0.2, 0) is 17.8 Å². The molecule has 1 aliphatic carbocycles. The Kier molecular flexibility index (Phi) is 4.88. The van der Waals surface area contributed by atoms with Gasteiger partial charge in [0, 0.05) is 10.3 Å². The number of hydrogen-bond donors (Lipinski definition) is 0. The molecule has 0 fully saturated rings. The minimum absolute atomic E-state index is 0.0526. The van der Waals surface area contributed by atoms with Crippen molar-refractivity contribution in [3.05, 3.63) is 75.2 Å². The molecule has 0 aliphatic heterocycles. The van der Waals surface area contributed by atoms with Crippen LogP contribution < -0.4 is 0 Å². The third kappa shape index (κ3) is 3.52. The van der Waals surface area contributed by atoms with Gasteiger partial charge < -0.3 is 9.26 Å². The lowest BCUT2D eigenvalue weighted by Gasteiger charge is -2.22. The number of pyridine rings is 1. The van der Waals surface area contributed by atoms with Crippen molar-refractivity contribution in [2.75, 3.05) is 0 Å². The molecule has 0 saturated heterocycles. The van der Waals surface area contributed by atoms with Crippen LogP contribution in [-0.4, -0.2) is 21.1 Å². The Hall–Kier alpha value is -3.32. The number of benzene rings is 1. The van der Waals surface area contributed by atoms with Gasteiger partial charge in [-0.1, -0.05) is 29.4 Å². The molecule has 5 rings (SSSR count). The predicted molar refractivity (Wildman–Crippen MR) is 115 cm³/mol. The summed E-state index contributed by atoms with van der Waals surface area (Å²) in [6.45, 7) is 1.67. The van der Waals surface area contributed by atoms with Crippen molar-refractivity contribution in [3.63, 3.8) is 0 Å². The van der Waals surface area contributed by atoms with Crippen LogP contribution >= 0.6 is 11.3 Å². The van der Waals surface area contributed by atoms with Crippen LogP contribution in [0.1, 0.15) is 51.0 Å². The highest BCUT2D eigenvalue weighted by Gasteiger charge is 2.26. The quantitative estimate of drug-likeness (QED) is 0.424. The molecule has 0 unspecified atom stereocenters. The first-order valence-electron chi connectivity index (χ1n) is 9.81. The molecule has 3 heterocycles. The second kappa shape index (κ2) is 7.84. The summed E-state index contributed by atoms with van der Waals surface area (Å²) >= 11 is 1.69. The summed E-state index contributed by atoms with van der Waals surface area (Å²) in [4.78, 5) is 23.4. The number of fused-ring (bicyclic) bond motifs is 2. The number of carbonyl (C=O) groups excluding carboxylic acids is 1. The van der Waals surface area contributed by atoms with Gasteiger partial charge in [-0.25, -0.2) is 9.78 Å². The zero-order valence-electron chi connectivity index (χ0n) is 16.4. The number of aromatic nitrogens is 3. The predicted octanol–water partition coefficient (Wildman–Crippen LogP) is 5.22. The number of thiophene rings is 1. The second-order valence-corrected chi connectivity index (χ2v) is 8.16. The van der Waals surface area contributed by atoms with Gasteiger partial charge in [-0.05, 0) is 60.9 Å². The average molecular weight is 417 g/mol. The fraction of sp³-hybridized carbons (Fsp3) is 0.217. The molecule has 7 heteroatoms. The number of para-hydroxylation sites is 1. The lowest BCUT2D eigenvalue weighted by molar-refractivity contribution is 0.0430. The molecular weight excluding hydrogens is 398 g/mol. The van der Waals surface area contributed by atoms with Crippen molar-refractivity contribution in [1.29, 1.82) is 0 Å². The first-order chi connectivity index (χ1) is 14.7. The van der Waals surface area contributed by atoms with Gasteiger partial charge in [0.15, 0.2) is 12.4 Å². The van der Waals surface area contributed by atoms with Crippen molar-refractivity contribution in [3.8, 4) is 0 Å². The average Bonchev–Trinajstić information content (AvgIpc) is 3.42. The molecule has 0 atom stereocenters. The summed E-state index contributed by atoms with van der Waals surface area (Å²) in [5, 5.41) is 6.61. The van der Waals surface area contributed by atoms with Gasteiger partial charge in [0.05, 0.1) is 16.8 Å². The number of aryl methyl sites for hydroxylation is 1. The van der Waals surface area contributed by atoms with Crippen LogP contribution in [0, 0.1) is 6.92 Å². The van der Waals surface area contributed by atoms with E-state index >= 15 is 0 Å². The van der Waals surface area contributed by atoms with E-state index in [0.29, 0.717) is 11.4 Å². The molecule has 3 aromatic heterocycles. The van der Waals surface area contributed by atoms with Gasteiger partial charge in [0.2, 0.25) is 0 Å². The Labute approximate surface area is 177 Å². The lowest BCUT2D eigenvalue weighted by atomic mass is 9.86. The third-order valence-corrected chi connectivity index (χ3v) is 5.95. The Balaban J connectivity index is 1.59. The molecule has 0 N–H and O–H groups in total. The third-order valence-electron chi connectivity index (χ3n) is 5.13. The van der Waals surface area contributed by atoms with Crippen LogP contribution in [0.4, 0.5) is 0 Å². The number of nitrogens with zero attached hydrogens (tertiary/aromatic N) is 3. The molecule has 0 saturated carbocycles. The van der Waals surface area contributed by atoms with Crippen molar-refractivity contribution in [1.82, 2.24) is 15.1 Å². The Morgan fingerprint density at radius 2 is 2.10 bits per heavy atom.